The van der Waals surface area contributed by atoms with Gasteiger partial charge in [-0.05, 0) is 38.5 Å². The van der Waals surface area contributed by atoms with Crippen molar-refractivity contribution in [2.24, 2.45) is 5.41 Å². The minimum absolute atomic E-state index is 0.0927. The average molecular weight is 297 g/mol. The van der Waals surface area contributed by atoms with Crippen molar-refractivity contribution in [3.05, 3.63) is 29.8 Å². The number of amides is 2. The first-order valence-electron chi connectivity index (χ1n) is 6.51. The van der Waals surface area contributed by atoms with Gasteiger partial charge in [-0.3, -0.25) is 9.59 Å². The molecular weight excluding hydrogens is 276 g/mol. The van der Waals surface area contributed by atoms with Crippen LogP contribution in [0, 0.1) is 5.41 Å². The minimum atomic E-state index is -0.606. The van der Waals surface area contributed by atoms with Crippen LogP contribution in [-0.2, 0) is 9.59 Å². The molecule has 0 aromatic heterocycles. The van der Waals surface area contributed by atoms with E-state index in [0.29, 0.717) is 5.69 Å². The van der Waals surface area contributed by atoms with Crippen LogP contribution in [0.25, 0.3) is 0 Å². The molecule has 0 saturated carbocycles. The van der Waals surface area contributed by atoms with Crippen LogP contribution in [-0.4, -0.2) is 17.7 Å². The van der Waals surface area contributed by atoms with Crippen LogP contribution in [0.1, 0.15) is 39.3 Å². The van der Waals surface area contributed by atoms with Gasteiger partial charge in [0.25, 0.3) is 0 Å². The largest absolute Gasteiger partial charge is 0.349 e. The lowest BCUT2D eigenvalue weighted by molar-refractivity contribution is -0.129. The molecule has 0 aliphatic carbocycles. The molecule has 0 aliphatic heterocycles. The fourth-order valence-corrected chi connectivity index (χ4v) is 1.75. The van der Waals surface area contributed by atoms with E-state index < -0.39 is 5.41 Å². The molecule has 0 heterocycles. The van der Waals surface area contributed by atoms with Gasteiger partial charge in [-0.1, -0.05) is 12.1 Å². The molecule has 2 N–H and O–H groups in total. The molecule has 0 aliphatic rings. The number of nitrogens with one attached hydrogen (secondary N) is 2. The Morgan fingerprint density at radius 2 is 2.00 bits per heavy atom. The second-order valence-corrected chi connectivity index (χ2v) is 5.79. The van der Waals surface area contributed by atoms with Gasteiger partial charge < -0.3 is 10.6 Å². The number of hydrogen-bond donors (Lipinski definition) is 2. The molecule has 20 heavy (non-hydrogen) atoms. The Morgan fingerprint density at radius 1 is 1.35 bits per heavy atom. The topological polar surface area (TPSA) is 58.2 Å². The zero-order valence-corrected chi connectivity index (χ0v) is 13.0. The maximum Gasteiger partial charge on any atom is 0.227 e. The number of benzene rings is 1. The SMILES string of the molecule is CC(=O)Nc1cccc(C(C)NC(=O)C(C)(C)CCl)c1. The van der Waals surface area contributed by atoms with Crippen molar-refractivity contribution in [3.63, 3.8) is 0 Å². The zero-order valence-electron chi connectivity index (χ0n) is 12.3. The molecule has 110 valence electrons. The van der Waals surface area contributed by atoms with Gasteiger partial charge in [-0.25, -0.2) is 0 Å². The van der Waals surface area contributed by atoms with E-state index in [9.17, 15) is 9.59 Å². The standard InChI is InChI=1S/C15H21ClN2O2/c1-10(17-14(20)15(3,4)9-16)12-6-5-7-13(8-12)18-11(2)19/h5-8,10H,9H2,1-4H3,(H,17,20)(H,18,19). The normalized spacial score (nSPS) is 12.7. The molecule has 1 atom stereocenters. The molecule has 0 bridgehead atoms. The van der Waals surface area contributed by atoms with Crippen molar-refractivity contribution in [1.29, 1.82) is 0 Å². The minimum Gasteiger partial charge on any atom is -0.349 e. The van der Waals surface area contributed by atoms with Crippen molar-refractivity contribution in [1.82, 2.24) is 5.32 Å². The summed E-state index contributed by atoms with van der Waals surface area (Å²) in [4.78, 5) is 23.1. The Balaban J connectivity index is 2.80. The van der Waals surface area contributed by atoms with Crippen LogP contribution in [0.5, 0.6) is 0 Å². The molecule has 0 saturated heterocycles. The Kier molecular flexibility index (Phi) is 5.57. The van der Waals surface area contributed by atoms with Gasteiger partial charge in [0.15, 0.2) is 0 Å². The third-order valence-corrected chi connectivity index (χ3v) is 3.67. The average Bonchev–Trinajstić information content (AvgIpc) is 2.38. The van der Waals surface area contributed by atoms with Crippen LogP contribution in [0.2, 0.25) is 0 Å². The van der Waals surface area contributed by atoms with Crippen molar-refractivity contribution in [2.45, 2.75) is 33.7 Å². The summed E-state index contributed by atoms with van der Waals surface area (Å²) < 4.78 is 0. The Bertz CT molecular complexity index is 500. The van der Waals surface area contributed by atoms with E-state index in [0.717, 1.165) is 5.56 Å². The van der Waals surface area contributed by atoms with Crippen molar-refractivity contribution >= 4 is 29.1 Å². The van der Waals surface area contributed by atoms with E-state index in [1.807, 2.05) is 31.2 Å². The van der Waals surface area contributed by atoms with Crippen LogP contribution in [0.4, 0.5) is 5.69 Å². The number of alkyl halides is 1. The second kappa shape index (κ2) is 6.75. The first kappa shape index (κ1) is 16.5. The van der Waals surface area contributed by atoms with E-state index in [4.69, 9.17) is 11.6 Å². The Hall–Kier alpha value is -1.55. The van der Waals surface area contributed by atoms with Crippen molar-refractivity contribution in [3.8, 4) is 0 Å². The lowest BCUT2D eigenvalue weighted by Gasteiger charge is -2.24. The van der Waals surface area contributed by atoms with E-state index in [2.05, 4.69) is 10.6 Å². The van der Waals surface area contributed by atoms with Gasteiger partial charge in [0.05, 0.1) is 11.5 Å². The number of carbonyl (C=O) groups is 2. The highest BCUT2D eigenvalue weighted by Crippen LogP contribution is 2.21. The van der Waals surface area contributed by atoms with Gasteiger partial charge in [0, 0.05) is 18.5 Å². The summed E-state index contributed by atoms with van der Waals surface area (Å²) in [7, 11) is 0. The van der Waals surface area contributed by atoms with Gasteiger partial charge in [0.2, 0.25) is 11.8 Å². The first-order chi connectivity index (χ1) is 9.26. The fraction of sp³-hybridized carbons (Fsp3) is 0.467. The maximum absolute atomic E-state index is 12.1. The smallest absolute Gasteiger partial charge is 0.227 e. The lowest BCUT2D eigenvalue weighted by Crippen LogP contribution is -2.39. The molecule has 0 fully saturated rings. The van der Waals surface area contributed by atoms with Crippen molar-refractivity contribution in [2.75, 3.05) is 11.2 Å². The van der Waals surface area contributed by atoms with Gasteiger partial charge in [0.1, 0.15) is 0 Å². The fourth-order valence-electron chi connectivity index (χ4n) is 1.63. The number of halogens is 1. The summed E-state index contributed by atoms with van der Waals surface area (Å²) in [6.45, 7) is 6.96. The molecular formula is C15H21ClN2O2. The number of anilines is 1. The highest BCUT2D eigenvalue weighted by molar-refractivity contribution is 6.19. The predicted molar refractivity (Wildman–Crippen MR) is 81.8 cm³/mol. The number of carbonyl (C=O) groups excluding carboxylic acids is 2. The van der Waals surface area contributed by atoms with E-state index in [-0.39, 0.29) is 23.7 Å². The molecule has 4 nitrogen and oxygen atoms in total. The predicted octanol–water partition coefficient (Wildman–Crippen LogP) is 3.09. The number of rotatable bonds is 5. The van der Waals surface area contributed by atoms with Crippen molar-refractivity contribution < 1.29 is 9.59 Å². The highest BCUT2D eigenvalue weighted by Gasteiger charge is 2.27. The second-order valence-electron chi connectivity index (χ2n) is 5.52. The molecule has 2 amide bonds. The lowest BCUT2D eigenvalue weighted by atomic mass is 9.94. The van der Waals surface area contributed by atoms with Crippen LogP contribution in [0.3, 0.4) is 0 Å². The van der Waals surface area contributed by atoms with E-state index >= 15 is 0 Å². The van der Waals surface area contributed by atoms with E-state index in [1.54, 1.807) is 13.8 Å². The molecule has 0 spiro atoms. The molecule has 1 unspecified atom stereocenters. The Labute approximate surface area is 124 Å². The molecule has 1 rings (SSSR count). The molecule has 5 heteroatoms. The molecule has 1 aromatic carbocycles. The van der Waals surface area contributed by atoms with Crippen LogP contribution < -0.4 is 10.6 Å². The van der Waals surface area contributed by atoms with Crippen LogP contribution >= 0.6 is 11.6 Å². The zero-order chi connectivity index (χ0) is 15.3. The summed E-state index contributed by atoms with van der Waals surface area (Å²) in [5, 5.41) is 5.65. The quantitative estimate of drug-likeness (QED) is 0.820. The number of hydrogen-bond acceptors (Lipinski definition) is 2. The maximum atomic E-state index is 12.1. The monoisotopic (exact) mass is 296 g/mol. The summed E-state index contributed by atoms with van der Waals surface area (Å²) in [6.07, 6.45) is 0. The third-order valence-electron chi connectivity index (χ3n) is 3.00. The van der Waals surface area contributed by atoms with Gasteiger partial charge in [-0.2, -0.15) is 0 Å². The van der Waals surface area contributed by atoms with E-state index in [1.165, 1.54) is 6.92 Å². The summed E-state index contributed by atoms with van der Waals surface area (Å²) in [6, 6.07) is 7.25. The first-order valence-corrected chi connectivity index (χ1v) is 7.04. The molecule has 1 aromatic rings. The summed E-state index contributed by atoms with van der Waals surface area (Å²) in [5.74, 6) is 0.0457. The van der Waals surface area contributed by atoms with Gasteiger partial charge in [-0.15, -0.1) is 11.6 Å². The summed E-state index contributed by atoms with van der Waals surface area (Å²) in [5.41, 5.74) is 1.04. The Morgan fingerprint density at radius 3 is 2.55 bits per heavy atom. The molecule has 0 radical (unpaired) electrons. The summed E-state index contributed by atoms with van der Waals surface area (Å²) >= 11 is 5.79. The third kappa shape index (κ3) is 4.53. The highest BCUT2D eigenvalue weighted by atomic mass is 35.5. The van der Waals surface area contributed by atoms with Gasteiger partial charge >= 0.3 is 0 Å². The van der Waals surface area contributed by atoms with Crippen LogP contribution in [0.15, 0.2) is 24.3 Å².